The summed E-state index contributed by atoms with van der Waals surface area (Å²) < 4.78 is 4.37. The molecular weight excluding hydrogens is 194 g/mol. The van der Waals surface area contributed by atoms with Gasteiger partial charge in [-0.1, -0.05) is 0 Å². The summed E-state index contributed by atoms with van der Waals surface area (Å²) in [6.45, 7) is -0.874. The zero-order valence-corrected chi connectivity index (χ0v) is 7.37. The van der Waals surface area contributed by atoms with Gasteiger partial charge in [-0.25, -0.2) is 0 Å². The number of aliphatic hydroxyl groups is 3. The Morgan fingerprint density at radius 3 is 2.43 bits per heavy atom. The number of aldehydes is 1. The van der Waals surface area contributed by atoms with Crippen molar-refractivity contribution in [3.63, 3.8) is 0 Å². The predicted molar refractivity (Wildman–Crippen MR) is 44.1 cm³/mol. The Morgan fingerprint density at radius 1 is 1.43 bits per heavy atom. The van der Waals surface area contributed by atoms with Crippen molar-refractivity contribution in [3.8, 4) is 0 Å². The zero-order valence-electron chi connectivity index (χ0n) is 7.37. The Kier molecular flexibility index (Phi) is 5.97. The summed E-state index contributed by atoms with van der Waals surface area (Å²) in [7, 11) is 0. The molecule has 0 fully saturated rings. The Hall–Kier alpha value is -1.02. The number of ether oxygens (including phenoxy) is 1. The van der Waals surface area contributed by atoms with E-state index in [0.717, 1.165) is 0 Å². The molecule has 0 rings (SSSR count). The molecular formula is C7H13NO6. The van der Waals surface area contributed by atoms with E-state index >= 15 is 0 Å². The molecule has 0 aromatic carbocycles. The number of rotatable bonds is 6. The van der Waals surface area contributed by atoms with Crippen LogP contribution < -0.4 is 5.73 Å². The summed E-state index contributed by atoms with van der Waals surface area (Å²) in [5.74, 6) is -0.753. The monoisotopic (exact) mass is 207 g/mol. The number of hydrogen-bond acceptors (Lipinski definition) is 7. The van der Waals surface area contributed by atoms with E-state index in [-0.39, 0.29) is 12.8 Å². The van der Waals surface area contributed by atoms with E-state index in [4.69, 9.17) is 21.1 Å². The SMILES string of the molecule is NCC(=O)OC[C@@H](O)[C@@H](O)[C@@H](O)C=O. The molecule has 5 N–H and O–H groups in total. The quantitative estimate of drug-likeness (QED) is 0.266. The van der Waals surface area contributed by atoms with Gasteiger partial charge in [0.25, 0.3) is 0 Å². The summed E-state index contributed by atoms with van der Waals surface area (Å²) in [6, 6.07) is 0. The third-order valence-corrected chi connectivity index (χ3v) is 1.47. The second-order valence-corrected chi connectivity index (χ2v) is 2.57. The van der Waals surface area contributed by atoms with Crippen molar-refractivity contribution in [1.82, 2.24) is 0 Å². The smallest absolute Gasteiger partial charge is 0.319 e. The molecule has 0 aromatic heterocycles. The van der Waals surface area contributed by atoms with Gasteiger partial charge in [-0.05, 0) is 0 Å². The molecule has 0 unspecified atom stereocenters. The van der Waals surface area contributed by atoms with Crippen LogP contribution in [0.15, 0.2) is 0 Å². The van der Waals surface area contributed by atoms with Gasteiger partial charge in [0.1, 0.15) is 24.9 Å². The summed E-state index contributed by atoms with van der Waals surface area (Å²) in [4.78, 5) is 20.5. The normalized spacial score (nSPS) is 16.9. The lowest BCUT2D eigenvalue weighted by atomic mass is 10.1. The van der Waals surface area contributed by atoms with E-state index in [1.807, 2.05) is 0 Å². The summed E-state index contributed by atoms with van der Waals surface area (Å²) in [5.41, 5.74) is 4.90. The Balaban J connectivity index is 3.89. The molecule has 82 valence electrons. The van der Waals surface area contributed by atoms with Crippen molar-refractivity contribution in [2.75, 3.05) is 13.2 Å². The van der Waals surface area contributed by atoms with E-state index in [1.165, 1.54) is 0 Å². The maximum atomic E-state index is 10.5. The first-order valence-electron chi connectivity index (χ1n) is 3.88. The highest BCUT2D eigenvalue weighted by molar-refractivity contribution is 5.71. The van der Waals surface area contributed by atoms with Crippen LogP contribution in [0.25, 0.3) is 0 Å². The minimum atomic E-state index is -1.71. The largest absolute Gasteiger partial charge is 0.462 e. The lowest BCUT2D eigenvalue weighted by molar-refractivity contribution is -0.150. The number of carbonyl (C=O) groups is 2. The highest BCUT2D eigenvalue weighted by Crippen LogP contribution is 1.99. The van der Waals surface area contributed by atoms with Gasteiger partial charge in [0, 0.05) is 0 Å². The Morgan fingerprint density at radius 2 is 2.00 bits per heavy atom. The van der Waals surface area contributed by atoms with Crippen molar-refractivity contribution in [2.24, 2.45) is 5.73 Å². The molecule has 0 spiro atoms. The maximum absolute atomic E-state index is 10.5. The summed E-state index contributed by atoms with van der Waals surface area (Å²) >= 11 is 0. The van der Waals surface area contributed by atoms with Crippen LogP contribution in [0.3, 0.4) is 0 Å². The van der Waals surface area contributed by atoms with Gasteiger partial charge in [-0.2, -0.15) is 0 Å². The van der Waals surface area contributed by atoms with E-state index in [1.54, 1.807) is 0 Å². The number of aliphatic hydroxyl groups excluding tert-OH is 3. The molecule has 0 saturated carbocycles. The van der Waals surface area contributed by atoms with Gasteiger partial charge in [0.05, 0.1) is 6.54 Å². The Labute approximate surface area is 80.1 Å². The van der Waals surface area contributed by atoms with Gasteiger partial charge >= 0.3 is 5.97 Å². The lowest BCUT2D eigenvalue weighted by Gasteiger charge is -2.18. The molecule has 14 heavy (non-hydrogen) atoms. The highest BCUT2D eigenvalue weighted by Gasteiger charge is 2.25. The minimum absolute atomic E-state index is 0.0681. The molecule has 0 amide bonds. The molecule has 0 heterocycles. The van der Waals surface area contributed by atoms with Crippen LogP contribution in [-0.4, -0.2) is 59.0 Å². The second-order valence-electron chi connectivity index (χ2n) is 2.57. The number of esters is 1. The average Bonchev–Trinajstić information content (AvgIpc) is 2.22. The number of hydrogen-bond donors (Lipinski definition) is 4. The van der Waals surface area contributed by atoms with E-state index in [0.29, 0.717) is 0 Å². The average molecular weight is 207 g/mol. The molecule has 7 heteroatoms. The fourth-order valence-electron chi connectivity index (χ4n) is 0.644. The van der Waals surface area contributed by atoms with Gasteiger partial charge in [-0.3, -0.25) is 4.79 Å². The van der Waals surface area contributed by atoms with Crippen LogP contribution in [-0.2, 0) is 14.3 Å². The fraction of sp³-hybridized carbons (Fsp3) is 0.714. The fourth-order valence-corrected chi connectivity index (χ4v) is 0.644. The van der Waals surface area contributed by atoms with Gasteiger partial charge in [0.15, 0.2) is 6.29 Å². The third-order valence-electron chi connectivity index (χ3n) is 1.47. The summed E-state index contributed by atoms with van der Waals surface area (Å²) in [6.07, 6.45) is -4.84. The van der Waals surface area contributed by atoms with E-state index in [2.05, 4.69) is 4.74 Å². The molecule has 0 radical (unpaired) electrons. The van der Waals surface area contributed by atoms with Crippen LogP contribution >= 0.6 is 0 Å². The maximum Gasteiger partial charge on any atom is 0.319 e. The lowest BCUT2D eigenvalue weighted by Crippen LogP contribution is -2.41. The van der Waals surface area contributed by atoms with Crippen molar-refractivity contribution in [3.05, 3.63) is 0 Å². The van der Waals surface area contributed by atoms with Gasteiger partial charge in [0.2, 0.25) is 0 Å². The Bertz CT molecular complexity index is 197. The molecule has 0 aliphatic heterocycles. The molecule has 0 aromatic rings. The highest BCUT2D eigenvalue weighted by atomic mass is 16.5. The summed E-state index contributed by atoms with van der Waals surface area (Å²) in [5, 5.41) is 26.9. The van der Waals surface area contributed by atoms with Crippen LogP contribution in [0, 0.1) is 0 Å². The van der Waals surface area contributed by atoms with Gasteiger partial charge in [-0.15, -0.1) is 0 Å². The topological polar surface area (TPSA) is 130 Å². The van der Waals surface area contributed by atoms with Crippen molar-refractivity contribution < 1.29 is 29.6 Å². The molecule has 3 atom stereocenters. The van der Waals surface area contributed by atoms with Crippen LogP contribution in [0.2, 0.25) is 0 Å². The number of nitrogens with two attached hydrogens (primary N) is 1. The first-order chi connectivity index (χ1) is 6.52. The predicted octanol–water partition coefficient (Wildman–Crippen LogP) is -3.23. The molecule has 0 saturated heterocycles. The van der Waals surface area contributed by atoms with E-state index < -0.39 is 30.9 Å². The number of carbonyl (C=O) groups excluding carboxylic acids is 2. The molecule has 0 aliphatic carbocycles. The van der Waals surface area contributed by atoms with Crippen LogP contribution in [0.5, 0.6) is 0 Å². The van der Waals surface area contributed by atoms with Crippen molar-refractivity contribution >= 4 is 12.3 Å². The zero-order chi connectivity index (χ0) is 11.1. The van der Waals surface area contributed by atoms with Crippen molar-refractivity contribution in [1.29, 1.82) is 0 Å². The van der Waals surface area contributed by atoms with E-state index in [9.17, 15) is 9.59 Å². The minimum Gasteiger partial charge on any atom is -0.462 e. The molecule has 7 nitrogen and oxygen atoms in total. The standard InChI is InChI=1S/C7H13NO6/c8-1-6(12)14-3-5(11)7(13)4(10)2-9/h2,4-5,7,10-11,13H,1,3,8H2/t4-,5+,7-/m0/s1. The van der Waals surface area contributed by atoms with Gasteiger partial charge < -0.3 is 30.6 Å². The first kappa shape index (κ1) is 13.0. The molecule has 0 bridgehead atoms. The van der Waals surface area contributed by atoms with Crippen molar-refractivity contribution in [2.45, 2.75) is 18.3 Å². The van der Waals surface area contributed by atoms with Crippen LogP contribution in [0.4, 0.5) is 0 Å². The van der Waals surface area contributed by atoms with Crippen LogP contribution in [0.1, 0.15) is 0 Å². The second kappa shape index (κ2) is 6.44. The third kappa shape index (κ3) is 4.28. The molecule has 0 aliphatic rings. The first-order valence-corrected chi connectivity index (χ1v) is 3.88.